The maximum absolute atomic E-state index is 5.37. The summed E-state index contributed by atoms with van der Waals surface area (Å²) in [5.74, 6) is 1.92. The van der Waals surface area contributed by atoms with Gasteiger partial charge in [-0.2, -0.15) is 15.0 Å². The van der Waals surface area contributed by atoms with Crippen molar-refractivity contribution in [1.29, 1.82) is 0 Å². The van der Waals surface area contributed by atoms with E-state index < -0.39 is 0 Å². The van der Waals surface area contributed by atoms with E-state index in [1.807, 2.05) is 7.05 Å². The molecule has 1 saturated heterocycles. The lowest BCUT2D eigenvalue weighted by Gasteiger charge is -2.27. The Morgan fingerprint density at radius 2 is 1.76 bits per heavy atom. The Labute approximate surface area is 126 Å². The van der Waals surface area contributed by atoms with E-state index in [1.165, 1.54) is 0 Å². The van der Waals surface area contributed by atoms with Crippen molar-refractivity contribution in [1.82, 2.24) is 15.0 Å². The van der Waals surface area contributed by atoms with Crippen molar-refractivity contribution < 1.29 is 4.74 Å². The van der Waals surface area contributed by atoms with E-state index in [-0.39, 0.29) is 0 Å². The van der Waals surface area contributed by atoms with Crippen LogP contribution in [-0.4, -0.2) is 54.8 Å². The predicted molar refractivity (Wildman–Crippen MR) is 85.0 cm³/mol. The number of anilines is 3. The van der Waals surface area contributed by atoms with Crippen LogP contribution < -0.4 is 15.5 Å². The number of ether oxygens (including phenoxy) is 1. The highest BCUT2D eigenvalue weighted by Gasteiger charge is 2.16. The van der Waals surface area contributed by atoms with E-state index in [4.69, 9.17) is 4.74 Å². The van der Waals surface area contributed by atoms with Crippen LogP contribution in [0.25, 0.3) is 0 Å². The summed E-state index contributed by atoms with van der Waals surface area (Å²) < 4.78 is 5.37. The predicted octanol–water partition coefficient (Wildman–Crippen LogP) is 1.60. The first-order valence-corrected chi connectivity index (χ1v) is 7.48. The van der Waals surface area contributed by atoms with Gasteiger partial charge in [0.25, 0.3) is 0 Å². The van der Waals surface area contributed by atoms with Crippen LogP contribution in [0.4, 0.5) is 17.8 Å². The molecule has 0 aromatic carbocycles. The molecule has 0 unspecified atom stereocenters. The second-order valence-corrected chi connectivity index (χ2v) is 6.37. The standard InChI is InChI=1S/C14H26N6O/c1-14(2,3)5-6-16-12-17-11(15-4)18-13(19-12)20-7-9-21-10-8-20/h5-10H2,1-4H3,(H2,15,16,17,18,19). The molecule has 21 heavy (non-hydrogen) atoms. The molecule has 0 radical (unpaired) electrons. The molecule has 0 amide bonds. The molecular weight excluding hydrogens is 268 g/mol. The second kappa shape index (κ2) is 6.89. The third-order valence-corrected chi connectivity index (χ3v) is 3.30. The van der Waals surface area contributed by atoms with Gasteiger partial charge in [-0.05, 0) is 11.8 Å². The molecule has 7 nitrogen and oxygen atoms in total. The molecule has 2 N–H and O–H groups in total. The monoisotopic (exact) mass is 294 g/mol. The lowest BCUT2D eigenvalue weighted by molar-refractivity contribution is 0.122. The van der Waals surface area contributed by atoms with Crippen LogP contribution >= 0.6 is 0 Å². The van der Waals surface area contributed by atoms with E-state index in [1.54, 1.807) is 0 Å². The van der Waals surface area contributed by atoms with E-state index in [0.717, 1.165) is 26.1 Å². The fourth-order valence-electron chi connectivity index (χ4n) is 2.01. The molecule has 0 aliphatic carbocycles. The maximum Gasteiger partial charge on any atom is 0.232 e. The Morgan fingerprint density at radius 1 is 1.10 bits per heavy atom. The van der Waals surface area contributed by atoms with Crippen LogP contribution in [0.5, 0.6) is 0 Å². The van der Waals surface area contributed by atoms with E-state index in [9.17, 15) is 0 Å². The smallest absolute Gasteiger partial charge is 0.232 e. The van der Waals surface area contributed by atoms with Crippen LogP contribution in [0.1, 0.15) is 27.2 Å². The van der Waals surface area contributed by atoms with Crippen LogP contribution in [0.2, 0.25) is 0 Å². The summed E-state index contributed by atoms with van der Waals surface area (Å²) in [7, 11) is 1.82. The molecule has 1 fully saturated rings. The first-order valence-electron chi connectivity index (χ1n) is 7.48. The van der Waals surface area contributed by atoms with E-state index in [0.29, 0.717) is 36.5 Å². The van der Waals surface area contributed by atoms with Crippen molar-refractivity contribution in [3.05, 3.63) is 0 Å². The molecule has 7 heteroatoms. The zero-order valence-corrected chi connectivity index (χ0v) is 13.4. The highest BCUT2D eigenvalue weighted by atomic mass is 16.5. The number of nitrogens with zero attached hydrogens (tertiary/aromatic N) is 4. The molecular formula is C14H26N6O. The zero-order chi connectivity index (χ0) is 15.3. The third kappa shape index (κ3) is 5.00. The highest BCUT2D eigenvalue weighted by Crippen LogP contribution is 2.19. The first-order chi connectivity index (χ1) is 9.98. The van der Waals surface area contributed by atoms with Crippen LogP contribution in [0.3, 0.4) is 0 Å². The maximum atomic E-state index is 5.37. The number of rotatable bonds is 5. The first kappa shape index (κ1) is 15.8. The van der Waals surface area contributed by atoms with Gasteiger partial charge in [0.15, 0.2) is 0 Å². The van der Waals surface area contributed by atoms with Crippen molar-refractivity contribution in [2.45, 2.75) is 27.2 Å². The largest absolute Gasteiger partial charge is 0.378 e. The molecule has 1 aromatic rings. The molecule has 0 saturated carbocycles. The highest BCUT2D eigenvalue weighted by molar-refractivity contribution is 5.43. The number of morpholine rings is 1. The van der Waals surface area contributed by atoms with Gasteiger partial charge < -0.3 is 20.3 Å². The molecule has 0 spiro atoms. The van der Waals surface area contributed by atoms with Gasteiger partial charge in [-0.15, -0.1) is 0 Å². The van der Waals surface area contributed by atoms with Gasteiger partial charge in [0, 0.05) is 26.7 Å². The van der Waals surface area contributed by atoms with Gasteiger partial charge in [-0.1, -0.05) is 20.8 Å². The van der Waals surface area contributed by atoms with Gasteiger partial charge in [0.1, 0.15) is 0 Å². The minimum absolute atomic E-state index is 0.291. The minimum atomic E-state index is 0.291. The van der Waals surface area contributed by atoms with Crippen LogP contribution in [-0.2, 0) is 4.74 Å². The Morgan fingerprint density at radius 3 is 2.38 bits per heavy atom. The lowest BCUT2D eigenvalue weighted by Crippen LogP contribution is -2.37. The normalized spacial score (nSPS) is 15.9. The van der Waals surface area contributed by atoms with Crippen molar-refractivity contribution in [3.8, 4) is 0 Å². The second-order valence-electron chi connectivity index (χ2n) is 6.37. The number of nitrogens with one attached hydrogen (secondary N) is 2. The van der Waals surface area contributed by atoms with Crippen LogP contribution in [0.15, 0.2) is 0 Å². The summed E-state index contributed by atoms with van der Waals surface area (Å²) >= 11 is 0. The van der Waals surface area contributed by atoms with Crippen molar-refractivity contribution in [2.75, 3.05) is 55.4 Å². The Balaban J connectivity index is 2.06. The molecule has 118 valence electrons. The van der Waals surface area contributed by atoms with Crippen molar-refractivity contribution in [3.63, 3.8) is 0 Å². The van der Waals surface area contributed by atoms with Crippen LogP contribution in [0, 0.1) is 5.41 Å². The fourth-order valence-corrected chi connectivity index (χ4v) is 2.01. The summed E-state index contributed by atoms with van der Waals surface area (Å²) in [6.07, 6.45) is 1.06. The van der Waals surface area contributed by atoms with Gasteiger partial charge in [-0.25, -0.2) is 0 Å². The fraction of sp³-hybridized carbons (Fsp3) is 0.786. The topological polar surface area (TPSA) is 75.2 Å². The Kier molecular flexibility index (Phi) is 5.17. The zero-order valence-electron chi connectivity index (χ0n) is 13.4. The molecule has 2 heterocycles. The lowest BCUT2D eigenvalue weighted by atomic mass is 9.92. The summed E-state index contributed by atoms with van der Waals surface area (Å²) in [5.41, 5.74) is 0.291. The molecule has 0 bridgehead atoms. The van der Waals surface area contributed by atoms with Gasteiger partial charge in [-0.3, -0.25) is 0 Å². The minimum Gasteiger partial charge on any atom is -0.378 e. The van der Waals surface area contributed by atoms with Crippen molar-refractivity contribution >= 4 is 17.8 Å². The van der Waals surface area contributed by atoms with Gasteiger partial charge in [0.05, 0.1) is 13.2 Å². The summed E-state index contributed by atoms with van der Waals surface area (Å²) in [4.78, 5) is 15.4. The Bertz CT molecular complexity index is 453. The molecule has 1 aliphatic heterocycles. The quantitative estimate of drug-likeness (QED) is 0.854. The SMILES string of the molecule is CNc1nc(NCCC(C)(C)C)nc(N2CCOCC2)n1. The third-order valence-electron chi connectivity index (χ3n) is 3.30. The number of hydrogen-bond donors (Lipinski definition) is 2. The average molecular weight is 294 g/mol. The molecule has 2 rings (SSSR count). The van der Waals surface area contributed by atoms with E-state index in [2.05, 4.69) is 51.3 Å². The summed E-state index contributed by atoms with van der Waals surface area (Å²) in [6, 6.07) is 0. The summed E-state index contributed by atoms with van der Waals surface area (Å²) in [5, 5.41) is 6.29. The molecule has 1 aliphatic rings. The van der Waals surface area contributed by atoms with Crippen molar-refractivity contribution in [2.24, 2.45) is 5.41 Å². The number of hydrogen-bond acceptors (Lipinski definition) is 7. The van der Waals surface area contributed by atoms with E-state index >= 15 is 0 Å². The van der Waals surface area contributed by atoms with Gasteiger partial charge in [0.2, 0.25) is 17.8 Å². The number of aromatic nitrogens is 3. The molecule has 0 atom stereocenters. The Hall–Kier alpha value is -1.63. The summed E-state index contributed by atoms with van der Waals surface area (Å²) in [6.45, 7) is 10.6. The molecule has 1 aromatic heterocycles. The average Bonchev–Trinajstić information content (AvgIpc) is 2.46. The van der Waals surface area contributed by atoms with Gasteiger partial charge >= 0.3 is 0 Å².